The Morgan fingerprint density at radius 2 is 2.09 bits per heavy atom. The molecule has 0 radical (unpaired) electrons. The van der Waals surface area contributed by atoms with E-state index >= 15 is 0 Å². The van der Waals surface area contributed by atoms with Gasteiger partial charge in [0.1, 0.15) is 11.6 Å². The maximum Gasteiger partial charge on any atom is 0.145 e. The molecule has 3 rings (SSSR count). The van der Waals surface area contributed by atoms with Crippen LogP contribution >= 0.6 is 0 Å². The van der Waals surface area contributed by atoms with Crippen molar-refractivity contribution >= 4 is 11.6 Å². The first kappa shape index (κ1) is 14.7. The van der Waals surface area contributed by atoms with Gasteiger partial charge in [-0.25, -0.2) is 9.97 Å². The second-order valence-corrected chi connectivity index (χ2v) is 5.41. The number of aromatic nitrogens is 3. The molecule has 116 valence electrons. The van der Waals surface area contributed by atoms with Crippen molar-refractivity contribution in [1.29, 1.82) is 0 Å². The molecule has 1 aliphatic rings. The predicted octanol–water partition coefficient (Wildman–Crippen LogP) is 2.42. The smallest absolute Gasteiger partial charge is 0.145 e. The molecule has 0 unspecified atom stereocenters. The lowest BCUT2D eigenvalue weighted by Crippen LogP contribution is -2.23. The van der Waals surface area contributed by atoms with Crippen LogP contribution in [0, 0.1) is 5.92 Å². The Bertz CT molecular complexity index is 613. The average Bonchev–Trinajstić information content (AvgIpc) is 2.61. The van der Waals surface area contributed by atoms with E-state index in [2.05, 4.69) is 25.6 Å². The average molecular weight is 299 g/mol. The summed E-state index contributed by atoms with van der Waals surface area (Å²) in [5, 5.41) is 6.43. The number of rotatable bonds is 5. The minimum absolute atomic E-state index is 0.649. The van der Waals surface area contributed by atoms with E-state index < -0.39 is 0 Å². The van der Waals surface area contributed by atoms with Gasteiger partial charge in [-0.3, -0.25) is 4.98 Å². The number of hydrogen-bond donors (Lipinski definition) is 2. The molecule has 1 saturated heterocycles. The summed E-state index contributed by atoms with van der Waals surface area (Å²) in [6.45, 7) is 2.64. The summed E-state index contributed by atoms with van der Waals surface area (Å²) in [7, 11) is 1.85. The molecule has 0 amide bonds. The Kier molecular flexibility index (Phi) is 4.80. The van der Waals surface area contributed by atoms with Crippen molar-refractivity contribution < 1.29 is 4.74 Å². The van der Waals surface area contributed by atoms with Crippen molar-refractivity contribution in [2.24, 2.45) is 5.92 Å². The molecule has 2 aromatic rings. The Labute approximate surface area is 130 Å². The van der Waals surface area contributed by atoms with Crippen molar-refractivity contribution in [3.63, 3.8) is 0 Å². The Morgan fingerprint density at radius 3 is 2.91 bits per heavy atom. The van der Waals surface area contributed by atoms with Crippen molar-refractivity contribution in [2.45, 2.75) is 12.8 Å². The highest BCUT2D eigenvalue weighted by molar-refractivity contribution is 5.63. The van der Waals surface area contributed by atoms with Crippen LogP contribution < -0.4 is 10.6 Å². The molecule has 22 heavy (non-hydrogen) atoms. The summed E-state index contributed by atoms with van der Waals surface area (Å²) >= 11 is 0. The van der Waals surface area contributed by atoms with E-state index in [0.717, 1.165) is 55.5 Å². The van der Waals surface area contributed by atoms with Gasteiger partial charge < -0.3 is 15.4 Å². The van der Waals surface area contributed by atoms with Crippen LogP contribution in [0.2, 0.25) is 0 Å². The highest BCUT2D eigenvalue weighted by atomic mass is 16.5. The van der Waals surface area contributed by atoms with Gasteiger partial charge in [-0.1, -0.05) is 0 Å². The minimum Gasteiger partial charge on any atom is -0.381 e. The van der Waals surface area contributed by atoms with Crippen LogP contribution in [0.5, 0.6) is 0 Å². The Hall–Kier alpha value is -2.21. The highest BCUT2D eigenvalue weighted by Gasteiger charge is 2.13. The molecule has 0 aliphatic carbocycles. The first-order valence-electron chi connectivity index (χ1n) is 7.63. The molecule has 1 fully saturated rings. The molecule has 0 spiro atoms. The van der Waals surface area contributed by atoms with Crippen LogP contribution in [0.1, 0.15) is 12.8 Å². The lowest BCUT2D eigenvalue weighted by Gasteiger charge is -2.22. The van der Waals surface area contributed by atoms with Gasteiger partial charge in [0.25, 0.3) is 0 Å². The minimum atomic E-state index is 0.649. The third-order valence-corrected chi connectivity index (χ3v) is 3.86. The van der Waals surface area contributed by atoms with Gasteiger partial charge in [-0.05, 0) is 30.9 Å². The first-order valence-corrected chi connectivity index (χ1v) is 7.63. The molecular weight excluding hydrogens is 278 g/mol. The molecule has 0 bridgehead atoms. The van der Waals surface area contributed by atoms with E-state index in [-0.39, 0.29) is 0 Å². The van der Waals surface area contributed by atoms with Crippen LogP contribution in [0.4, 0.5) is 11.6 Å². The standard InChI is InChI=1S/C16H21N5O/c1-17-15-8-13(2-5-19-15)14-10-18-11-16(21-14)20-9-12-3-6-22-7-4-12/h2,5,8,10-12H,3-4,6-7,9H2,1H3,(H,17,19)(H,20,21). The molecule has 6 nitrogen and oxygen atoms in total. The van der Waals surface area contributed by atoms with E-state index in [0.29, 0.717) is 5.92 Å². The van der Waals surface area contributed by atoms with Crippen molar-refractivity contribution in [1.82, 2.24) is 15.0 Å². The van der Waals surface area contributed by atoms with Crippen molar-refractivity contribution in [3.05, 3.63) is 30.7 Å². The van der Waals surface area contributed by atoms with Gasteiger partial charge in [0.2, 0.25) is 0 Å². The van der Waals surface area contributed by atoms with E-state index in [1.807, 2.05) is 19.2 Å². The van der Waals surface area contributed by atoms with Gasteiger partial charge in [-0.15, -0.1) is 0 Å². The summed E-state index contributed by atoms with van der Waals surface area (Å²) in [6, 6.07) is 3.90. The second-order valence-electron chi connectivity index (χ2n) is 5.41. The Morgan fingerprint density at radius 1 is 1.23 bits per heavy atom. The number of anilines is 2. The molecule has 6 heteroatoms. The predicted molar refractivity (Wildman–Crippen MR) is 86.8 cm³/mol. The summed E-state index contributed by atoms with van der Waals surface area (Å²) in [4.78, 5) is 13.1. The van der Waals surface area contributed by atoms with Gasteiger partial charge in [0, 0.05) is 38.6 Å². The normalized spacial score (nSPS) is 15.5. The monoisotopic (exact) mass is 299 g/mol. The van der Waals surface area contributed by atoms with Crippen molar-refractivity contribution in [2.75, 3.05) is 37.4 Å². The molecule has 0 saturated carbocycles. The van der Waals surface area contributed by atoms with Crippen LogP contribution in [-0.4, -0.2) is 41.8 Å². The third kappa shape index (κ3) is 3.71. The maximum absolute atomic E-state index is 5.38. The molecule has 2 N–H and O–H groups in total. The molecule has 1 aliphatic heterocycles. The molecular formula is C16H21N5O. The quantitative estimate of drug-likeness (QED) is 0.883. The van der Waals surface area contributed by atoms with Crippen LogP contribution in [0.3, 0.4) is 0 Å². The fraction of sp³-hybridized carbons (Fsp3) is 0.438. The van der Waals surface area contributed by atoms with Gasteiger partial charge in [0.15, 0.2) is 0 Å². The highest BCUT2D eigenvalue weighted by Crippen LogP contribution is 2.20. The second kappa shape index (κ2) is 7.17. The molecule has 2 aromatic heterocycles. The summed E-state index contributed by atoms with van der Waals surface area (Å²) in [5.41, 5.74) is 1.84. The fourth-order valence-electron chi connectivity index (χ4n) is 2.52. The summed E-state index contributed by atoms with van der Waals surface area (Å²) < 4.78 is 5.38. The van der Waals surface area contributed by atoms with Gasteiger partial charge in [-0.2, -0.15) is 0 Å². The topological polar surface area (TPSA) is 72.0 Å². The third-order valence-electron chi connectivity index (χ3n) is 3.86. The zero-order valence-electron chi connectivity index (χ0n) is 12.7. The lowest BCUT2D eigenvalue weighted by molar-refractivity contribution is 0.0699. The van der Waals surface area contributed by atoms with Crippen molar-refractivity contribution in [3.8, 4) is 11.3 Å². The fourth-order valence-corrected chi connectivity index (χ4v) is 2.52. The van der Waals surface area contributed by atoms with Gasteiger partial charge in [0.05, 0.1) is 18.1 Å². The SMILES string of the molecule is CNc1cc(-c2cncc(NCC3CCOCC3)n2)ccn1. The first-order chi connectivity index (χ1) is 10.8. The number of nitrogens with one attached hydrogen (secondary N) is 2. The zero-order valence-corrected chi connectivity index (χ0v) is 12.7. The maximum atomic E-state index is 5.38. The molecule has 0 atom stereocenters. The number of ether oxygens (including phenoxy) is 1. The Balaban J connectivity index is 1.68. The van der Waals surface area contributed by atoms with Gasteiger partial charge >= 0.3 is 0 Å². The number of pyridine rings is 1. The van der Waals surface area contributed by atoms with E-state index in [1.165, 1.54) is 0 Å². The van der Waals surface area contributed by atoms with E-state index in [4.69, 9.17) is 4.74 Å². The van der Waals surface area contributed by atoms with Crippen LogP contribution in [-0.2, 0) is 4.74 Å². The molecule has 0 aromatic carbocycles. The van der Waals surface area contributed by atoms with Crippen LogP contribution in [0.15, 0.2) is 30.7 Å². The largest absolute Gasteiger partial charge is 0.381 e. The lowest BCUT2D eigenvalue weighted by atomic mass is 10.0. The summed E-state index contributed by atoms with van der Waals surface area (Å²) in [5.74, 6) is 2.28. The van der Waals surface area contributed by atoms with E-state index in [1.54, 1.807) is 18.6 Å². The zero-order chi connectivity index (χ0) is 15.2. The number of hydrogen-bond acceptors (Lipinski definition) is 6. The molecule has 3 heterocycles. The summed E-state index contributed by atoms with van der Waals surface area (Å²) in [6.07, 6.45) is 7.52. The number of nitrogens with zero attached hydrogens (tertiary/aromatic N) is 3. The van der Waals surface area contributed by atoms with E-state index in [9.17, 15) is 0 Å². The van der Waals surface area contributed by atoms with Crippen LogP contribution in [0.25, 0.3) is 11.3 Å².